The molecule has 9 nitrogen and oxygen atoms in total. The van der Waals surface area contributed by atoms with Crippen molar-refractivity contribution in [2.45, 2.75) is 161 Å². The number of nitrogens with one attached hydrogen (secondary N) is 1. The summed E-state index contributed by atoms with van der Waals surface area (Å²) in [6.07, 6.45) is 18.4. The molecule has 0 aliphatic heterocycles. The van der Waals surface area contributed by atoms with Crippen LogP contribution in [0.15, 0.2) is 0 Å². The monoisotopic (exact) mass is 573 g/mol. The van der Waals surface area contributed by atoms with Crippen LogP contribution in [-0.4, -0.2) is 71.2 Å². The minimum atomic E-state index is -2.14. The van der Waals surface area contributed by atoms with E-state index in [0.29, 0.717) is 12.8 Å². The van der Waals surface area contributed by atoms with Gasteiger partial charge in [0.25, 0.3) is 5.91 Å². The smallest absolute Gasteiger partial charge is 0.338 e. The molecule has 0 spiro atoms. The summed E-state index contributed by atoms with van der Waals surface area (Å²) < 4.78 is 10.1. The van der Waals surface area contributed by atoms with Crippen LogP contribution in [0.5, 0.6) is 0 Å². The van der Waals surface area contributed by atoms with E-state index in [2.05, 4.69) is 19.2 Å². The average Bonchev–Trinajstić information content (AvgIpc) is 2.96. The largest absolute Gasteiger partial charge is 0.464 e. The summed E-state index contributed by atoms with van der Waals surface area (Å²) in [5.41, 5.74) is 0. The maximum Gasteiger partial charge on any atom is 0.338 e. The van der Waals surface area contributed by atoms with Crippen LogP contribution in [0.3, 0.4) is 0 Å². The van der Waals surface area contributed by atoms with Crippen LogP contribution >= 0.6 is 0 Å². The maximum atomic E-state index is 12.2. The highest BCUT2D eigenvalue weighted by Gasteiger charge is 2.34. The molecule has 0 heterocycles. The Balaban J connectivity index is 4.01. The number of esters is 2. The molecule has 40 heavy (non-hydrogen) atoms. The predicted molar refractivity (Wildman–Crippen MR) is 157 cm³/mol. The Morgan fingerprint density at radius 3 is 1.27 bits per heavy atom. The van der Waals surface area contributed by atoms with Gasteiger partial charge in [-0.2, -0.15) is 0 Å². The molecule has 3 unspecified atom stereocenters. The van der Waals surface area contributed by atoms with E-state index in [0.717, 1.165) is 38.5 Å². The first-order valence-electron chi connectivity index (χ1n) is 16.0. The molecule has 236 valence electrons. The fourth-order valence-electron chi connectivity index (χ4n) is 4.42. The van der Waals surface area contributed by atoms with Crippen LogP contribution in [0.25, 0.3) is 0 Å². The SMILES string of the molecule is CCCCCCCCCCCCOC(=O)C(CO)NC(=O)C(O)C(O)C(=O)OCCCCCCCCCCCC. The predicted octanol–water partition coefficient (Wildman–Crippen LogP) is 5.11. The van der Waals surface area contributed by atoms with Gasteiger partial charge in [-0.25, -0.2) is 9.59 Å². The number of carbonyl (C=O) groups is 3. The molecule has 3 atom stereocenters. The minimum absolute atomic E-state index is 0.0886. The second kappa shape index (κ2) is 27.5. The van der Waals surface area contributed by atoms with Crippen molar-refractivity contribution in [3.8, 4) is 0 Å². The van der Waals surface area contributed by atoms with E-state index in [1.807, 2.05) is 0 Å². The Morgan fingerprint density at radius 1 is 0.550 bits per heavy atom. The number of hydrogen-bond donors (Lipinski definition) is 4. The molecule has 0 aromatic heterocycles. The van der Waals surface area contributed by atoms with Gasteiger partial charge in [0.1, 0.15) is 0 Å². The maximum absolute atomic E-state index is 12.2. The van der Waals surface area contributed by atoms with Crippen LogP contribution in [-0.2, 0) is 23.9 Å². The third-order valence-electron chi connectivity index (χ3n) is 7.08. The minimum Gasteiger partial charge on any atom is -0.464 e. The van der Waals surface area contributed by atoms with E-state index in [-0.39, 0.29) is 13.2 Å². The highest BCUT2D eigenvalue weighted by Crippen LogP contribution is 2.12. The lowest BCUT2D eigenvalue weighted by Crippen LogP contribution is -2.52. The fourth-order valence-corrected chi connectivity index (χ4v) is 4.42. The molecule has 0 aliphatic carbocycles. The van der Waals surface area contributed by atoms with Crippen LogP contribution in [0.4, 0.5) is 0 Å². The third-order valence-corrected chi connectivity index (χ3v) is 7.08. The average molecular weight is 574 g/mol. The molecular weight excluding hydrogens is 514 g/mol. The lowest BCUT2D eigenvalue weighted by Gasteiger charge is -2.20. The van der Waals surface area contributed by atoms with E-state index in [9.17, 15) is 29.7 Å². The second-order valence-corrected chi connectivity index (χ2v) is 10.8. The van der Waals surface area contributed by atoms with Crippen molar-refractivity contribution in [1.82, 2.24) is 5.32 Å². The molecule has 0 aromatic carbocycles. The highest BCUT2D eigenvalue weighted by molar-refractivity contribution is 5.91. The zero-order valence-corrected chi connectivity index (χ0v) is 25.4. The molecule has 1 amide bonds. The van der Waals surface area contributed by atoms with Crippen molar-refractivity contribution in [1.29, 1.82) is 0 Å². The Kier molecular flexibility index (Phi) is 26.3. The summed E-state index contributed by atoms with van der Waals surface area (Å²) in [7, 11) is 0. The third kappa shape index (κ3) is 21.1. The molecule has 0 fully saturated rings. The summed E-state index contributed by atoms with van der Waals surface area (Å²) in [4.78, 5) is 36.4. The number of carbonyl (C=O) groups excluding carboxylic acids is 3. The fraction of sp³-hybridized carbons (Fsp3) is 0.903. The van der Waals surface area contributed by atoms with Gasteiger partial charge in [-0.05, 0) is 12.8 Å². The Morgan fingerprint density at radius 2 is 0.900 bits per heavy atom. The van der Waals surface area contributed by atoms with Crippen LogP contribution in [0.2, 0.25) is 0 Å². The van der Waals surface area contributed by atoms with Gasteiger partial charge in [0.2, 0.25) is 0 Å². The van der Waals surface area contributed by atoms with Gasteiger partial charge in [-0.1, -0.05) is 129 Å². The quantitative estimate of drug-likeness (QED) is 0.0747. The zero-order valence-electron chi connectivity index (χ0n) is 25.4. The first-order valence-corrected chi connectivity index (χ1v) is 16.0. The number of aliphatic hydroxyl groups is 3. The molecule has 0 aliphatic rings. The van der Waals surface area contributed by atoms with Gasteiger partial charge in [-0.3, -0.25) is 4.79 Å². The molecule has 0 saturated carbocycles. The topological polar surface area (TPSA) is 142 Å². The molecule has 0 aromatic rings. The lowest BCUT2D eigenvalue weighted by atomic mass is 10.1. The van der Waals surface area contributed by atoms with Crippen molar-refractivity contribution in [3.05, 3.63) is 0 Å². The summed E-state index contributed by atoms with van der Waals surface area (Å²) in [5, 5.41) is 31.6. The normalized spacial score (nSPS) is 13.4. The van der Waals surface area contributed by atoms with Gasteiger partial charge in [0.05, 0.1) is 19.8 Å². The van der Waals surface area contributed by atoms with Gasteiger partial charge < -0.3 is 30.1 Å². The number of amides is 1. The number of ether oxygens (including phenoxy) is 2. The Bertz CT molecular complexity index is 630. The standard InChI is InChI=1S/C31H59NO8/c1-3-5-7-9-11-13-15-17-19-21-23-39-30(37)26(25-33)32-29(36)27(34)28(35)31(38)40-24-22-20-18-16-14-12-10-8-6-4-2/h26-28,33-35H,3-25H2,1-2H3,(H,32,36). The summed E-state index contributed by atoms with van der Waals surface area (Å²) in [5.74, 6) is -3.11. The van der Waals surface area contributed by atoms with Crippen molar-refractivity contribution in [2.75, 3.05) is 19.8 Å². The lowest BCUT2D eigenvalue weighted by molar-refractivity contribution is -0.164. The summed E-state index contributed by atoms with van der Waals surface area (Å²) >= 11 is 0. The van der Waals surface area contributed by atoms with Crippen molar-refractivity contribution in [3.63, 3.8) is 0 Å². The molecule has 0 bridgehead atoms. The van der Waals surface area contributed by atoms with Crippen LogP contribution in [0.1, 0.15) is 142 Å². The number of aliphatic hydroxyl groups excluding tert-OH is 3. The molecule has 9 heteroatoms. The van der Waals surface area contributed by atoms with Gasteiger partial charge in [-0.15, -0.1) is 0 Å². The van der Waals surface area contributed by atoms with Crippen LogP contribution in [0, 0.1) is 0 Å². The highest BCUT2D eigenvalue weighted by atomic mass is 16.6. The molecule has 0 saturated heterocycles. The van der Waals surface area contributed by atoms with E-state index >= 15 is 0 Å². The number of rotatable bonds is 28. The van der Waals surface area contributed by atoms with Gasteiger partial charge in [0, 0.05) is 0 Å². The number of unbranched alkanes of at least 4 members (excludes halogenated alkanes) is 18. The van der Waals surface area contributed by atoms with E-state index in [1.165, 1.54) is 77.0 Å². The number of hydrogen-bond acceptors (Lipinski definition) is 8. The van der Waals surface area contributed by atoms with Crippen molar-refractivity contribution < 1.29 is 39.2 Å². The van der Waals surface area contributed by atoms with Crippen molar-refractivity contribution in [2.24, 2.45) is 0 Å². The van der Waals surface area contributed by atoms with E-state index < -0.39 is 42.7 Å². The molecular formula is C31H59NO8. The molecule has 0 radical (unpaired) electrons. The van der Waals surface area contributed by atoms with Gasteiger partial charge >= 0.3 is 11.9 Å². The van der Waals surface area contributed by atoms with Crippen LogP contribution < -0.4 is 5.32 Å². The summed E-state index contributed by atoms with van der Waals surface area (Å²) in [6.45, 7) is 3.92. The second-order valence-electron chi connectivity index (χ2n) is 10.8. The Hall–Kier alpha value is -1.71. The van der Waals surface area contributed by atoms with Gasteiger partial charge in [0.15, 0.2) is 18.2 Å². The molecule has 4 N–H and O–H groups in total. The first kappa shape index (κ1) is 38.3. The first-order chi connectivity index (χ1) is 19.4. The zero-order chi connectivity index (χ0) is 29.8. The van der Waals surface area contributed by atoms with Crippen molar-refractivity contribution >= 4 is 17.8 Å². The molecule has 0 rings (SSSR count). The van der Waals surface area contributed by atoms with E-state index in [1.54, 1.807) is 0 Å². The van der Waals surface area contributed by atoms with E-state index in [4.69, 9.17) is 9.47 Å². The summed E-state index contributed by atoms with van der Waals surface area (Å²) in [6, 6.07) is -1.40. The Labute approximate surface area is 242 Å².